The number of amides is 2. The monoisotopic (exact) mass is 473 g/mol. The lowest BCUT2D eigenvalue weighted by molar-refractivity contribution is -0.136. The van der Waals surface area contributed by atoms with Gasteiger partial charge >= 0.3 is 0 Å². The van der Waals surface area contributed by atoms with Crippen molar-refractivity contribution in [3.8, 4) is 0 Å². The Bertz CT molecular complexity index is 972. The lowest BCUT2D eigenvalue weighted by Gasteiger charge is -2.34. The van der Waals surface area contributed by atoms with Crippen LogP contribution in [0.5, 0.6) is 0 Å². The highest BCUT2D eigenvalue weighted by molar-refractivity contribution is 7.91. The average Bonchev–Trinajstić information content (AvgIpc) is 2.98. The van der Waals surface area contributed by atoms with Gasteiger partial charge in [-0.05, 0) is 51.2 Å². The summed E-state index contributed by atoms with van der Waals surface area (Å²) in [5.74, 6) is -0.991. The molecular formula is C20H29F2N5O4S. The summed E-state index contributed by atoms with van der Waals surface area (Å²) in [6.45, 7) is 6.17. The predicted octanol–water partition coefficient (Wildman–Crippen LogP) is 1.53. The Kier molecular flexibility index (Phi) is 7.03. The number of aromatic nitrogens is 1. The molecule has 0 bridgehead atoms. The maximum absolute atomic E-state index is 13.0. The second kappa shape index (κ2) is 9.26. The van der Waals surface area contributed by atoms with Crippen LogP contribution in [0.3, 0.4) is 0 Å². The predicted molar refractivity (Wildman–Crippen MR) is 115 cm³/mol. The van der Waals surface area contributed by atoms with Crippen LogP contribution in [0.1, 0.15) is 50.4 Å². The zero-order valence-corrected chi connectivity index (χ0v) is 19.2. The van der Waals surface area contributed by atoms with E-state index in [0.29, 0.717) is 24.7 Å². The molecule has 1 aromatic rings. The van der Waals surface area contributed by atoms with Crippen LogP contribution in [0.4, 0.5) is 14.6 Å². The largest absolute Gasteiger partial charge is 0.351 e. The van der Waals surface area contributed by atoms with Gasteiger partial charge in [-0.2, -0.15) is 0 Å². The van der Waals surface area contributed by atoms with Gasteiger partial charge in [0.25, 0.3) is 18.2 Å². The first-order valence-electron chi connectivity index (χ1n) is 10.5. The number of nitrogens with zero attached hydrogens (tertiary/aromatic N) is 3. The summed E-state index contributed by atoms with van der Waals surface area (Å²) in [5.41, 5.74) is 2.08. The molecule has 2 aliphatic heterocycles. The first kappa shape index (κ1) is 24.3. The SMILES string of the molecule is CC1CN(c2ncccc2C(=O)NS(=O)(=O)C2CCCN(NCC(F)F)C2=O)C(C)(C)C1. The lowest BCUT2D eigenvalue weighted by atomic mass is 9.97. The van der Waals surface area contributed by atoms with Crippen LogP contribution in [-0.2, 0) is 14.8 Å². The van der Waals surface area contributed by atoms with Gasteiger partial charge in [-0.15, -0.1) is 0 Å². The second-order valence-corrected chi connectivity index (χ2v) is 10.8. The minimum absolute atomic E-state index is 0.00905. The van der Waals surface area contributed by atoms with Crippen molar-refractivity contribution in [1.29, 1.82) is 0 Å². The molecule has 178 valence electrons. The molecule has 1 aromatic heterocycles. The van der Waals surface area contributed by atoms with E-state index < -0.39 is 40.1 Å². The van der Waals surface area contributed by atoms with E-state index in [1.807, 2.05) is 23.5 Å². The fourth-order valence-corrected chi connectivity index (χ4v) is 5.85. The summed E-state index contributed by atoms with van der Waals surface area (Å²) in [6.07, 6.45) is 0.0173. The highest BCUT2D eigenvalue weighted by Gasteiger charge is 2.42. The number of hydrogen-bond donors (Lipinski definition) is 2. The third kappa shape index (κ3) is 5.17. The van der Waals surface area contributed by atoms with Crippen LogP contribution in [0.15, 0.2) is 18.3 Å². The molecule has 0 saturated carbocycles. The number of anilines is 1. The maximum Gasteiger partial charge on any atom is 0.268 e. The smallest absolute Gasteiger partial charge is 0.268 e. The van der Waals surface area contributed by atoms with Gasteiger partial charge in [-0.25, -0.2) is 32.3 Å². The number of sulfonamides is 1. The zero-order valence-electron chi connectivity index (χ0n) is 18.3. The third-order valence-electron chi connectivity index (χ3n) is 5.80. The first-order chi connectivity index (χ1) is 14.9. The molecule has 2 aliphatic rings. The van der Waals surface area contributed by atoms with E-state index in [1.165, 1.54) is 12.3 Å². The van der Waals surface area contributed by atoms with Crippen molar-refractivity contribution in [3.05, 3.63) is 23.9 Å². The Labute approximate surface area is 186 Å². The second-order valence-electron chi connectivity index (χ2n) is 8.96. The van der Waals surface area contributed by atoms with Gasteiger partial charge in [0.1, 0.15) is 5.82 Å². The number of piperidine rings is 1. The number of hydrazine groups is 1. The molecule has 3 heterocycles. The minimum Gasteiger partial charge on any atom is -0.351 e. The molecule has 2 fully saturated rings. The van der Waals surface area contributed by atoms with Gasteiger partial charge < -0.3 is 4.90 Å². The summed E-state index contributed by atoms with van der Waals surface area (Å²) in [5, 5.41) is -0.665. The van der Waals surface area contributed by atoms with Gasteiger partial charge in [-0.1, -0.05) is 6.92 Å². The van der Waals surface area contributed by atoms with Crippen LogP contribution in [-0.4, -0.2) is 67.1 Å². The van der Waals surface area contributed by atoms with E-state index in [9.17, 15) is 26.8 Å². The minimum atomic E-state index is -4.40. The van der Waals surface area contributed by atoms with Crippen molar-refractivity contribution < 1.29 is 26.8 Å². The topological polar surface area (TPSA) is 112 Å². The van der Waals surface area contributed by atoms with Crippen LogP contribution in [0.25, 0.3) is 0 Å². The number of nitrogens with one attached hydrogen (secondary N) is 2. The van der Waals surface area contributed by atoms with Crippen molar-refractivity contribution in [2.45, 2.75) is 57.2 Å². The standard InChI is InChI=1S/C20H29F2N5O4S/c1-13-10-20(2,3)26(12-13)17-14(6-4-8-23-17)18(28)25-32(30,31)15-7-5-9-27(19(15)29)24-11-16(21)22/h4,6,8,13,15-16,24H,5,7,9-12H2,1-3H3,(H,25,28). The first-order valence-corrected chi connectivity index (χ1v) is 12.1. The van der Waals surface area contributed by atoms with Gasteiger partial charge in [0.2, 0.25) is 10.0 Å². The average molecular weight is 474 g/mol. The third-order valence-corrected chi connectivity index (χ3v) is 7.45. The summed E-state index contributed by atoms with van der Waals surface area (Å²) < 4.78 is 52.7. The van der Waals surface area contributed by atoms with Crippen LogP contribution < -0.4 is 15.0 Å². The van der Waals surface area contributed by atoms with E-state index in [2.05, 4.69) is 17.3 Å². The van der Waals surface area contributed by atoms with Gasteiger partial charge in [0.15, 0.2) is 5.25 Å². The highest BCUT2D eigenvalue weighted by atomic mass is 32.2. The van der Waals surface area contributed by atoms with E-state index in [4.69, 9.17) is 0 Å². The van der Waals surface area contributed by atoms with E-state index in [-0.39, 0.29) is 24.1 Å². The van der Waals surface area contributed by atoms with Gasteiger partial charge in [-0.3, -0.25) is 14.6 Å². The molecule has 2 amide bonds. The maximum atomic E-state index is 13.0. The van der Waals surface area contributed by atoms with Crippen LogP contribution in [0, 0.1) is 5.92 Å². The Morgan fingerprint density at radius 3 is 2.72 bits per heavy atom. The van der Waals surface area contributed by atoms with Gasteiger partial charge in [0.05, 0.1) is 12.1 Å². The molecule has 2 saturated heterocycles. The fraction of sp³-hybridized carbons (Fsp3) is 0.650. The molecule has 3 rings (SSSR count). The van der Waals surface area contributed by atoms with Crippen LogP contribution >= 0.6 is 0 Å². The molecule has 9 nitrogen and oxygen atoms in total. The summed E-state index contributed by atoms with van der Waals surface area (Å²) >= 11 is 0. The molecule has 0 aliphatic carbocycles. The van der Waals surface area contributed by atoms with Crippen molar-refractivity contribution in [2.75, 3.05) is 24.5 Å². The Morgan fingerprint density at radius 1 is 1.38 bits per heavy atom. The number of carbonyl (C=O) groups excluding carboxylic acids is 2. The normalized spacial score (nSPS) is 23.6. The molecule has 32 heavy (non-hydrogen) atoms. The number of carbonyl (C=O) groups is 2. The summed E-state index contributed by atoms with van der Waals surface area (Å²) in [4.78, 5) is 31.9. The molecule has 0 radical (unpaired) electrons. The molecule has 2 atom stereocenters. The number of halogens is 2. The molecule has 0 aromatic carbocycles. The number of hydrogen-bond acceptors (Lipinski definition) is 7. The molecule has 0 spiro atoms. The zero-order chi connectivity index (χ0) is 23.7. The summed E-state index contributed by atoms with van der Waals surface area (Å²) in [6, 6.07) is 3.03. The van der Waals surface area contributed by atoms with E-state index in [1.54, 1.807) is 6.07 Å². The molecular weight excluding hydrogens is 444 g/mol. The Morgan fingerprint density at radius 2 is 2.09 bits per heavy atom. The van der Waals surface area contributed by atoms with Gasteiger partial charge in [0, 0.05) is 24.8 Å². The molecule has 2 unspecified atom stereocenters. The number of pyridine rings is 1. The lowest BCUT2D eigenvalue weighted by Crippen LogP contribution is -2.56. The Hall–Kier alpha value is -2.34. The van der Waals surface area contributed by atoms with Crippen molar-refractivity contribution in [1.82, 2.24) is 20.1 Å². The fourth-order valence-electron chi connectivity index (χ4n) is 4.47. The highest BCUT2D eigenvalue weighted by Crippen LogP contribution is 2.37. The van der Waals surface area contributed by atoms with Crippen molar-refractivity contribution in [2.24, 2.45) is 5.92 Å². The van der Waals surface area contributed by atoms with Crippen molar-refractivity contribution >= 4 is 27.7 Å². The quantitative estimate of drug-likeness (QED) is 0.618. The van der Waals surface area contributed by atoms with E-state index >= 15 is 0 Å². The number of rotatable bonds is 7. The Balaban J connectivity index is 1.79. The summed E-state index contributed by atoms with van der Waals surface area (Å²) in [7, 11) is -4.40. The van der Waals surface area contributed by atoms with E-state index in [0.717, 1.165) is 11.4 Å². The van der Waals surface area contributed by atoms with Crippen molar-refractivity contribution in [3.63, 3.8) is 0 Å². The molecule has 2 N–H and O–H groups in total. The van der Waals surface area contributed by atoms with Crippen LogP contribution in [0.2, 0.25) is 0 Å². The number of alkyl halides is 2. The molecule has 12 heteroatoms.